The summed E-state index contributed by atoms with van der Waals surface area (Å²) in [6, 6.07) is 4.84. The smallest absolute Gasteiger partial charge is 0.255 e. The summed E-state index contributed by atoms with van der Waals surface area (Å²) in [7, 11) is 0. The number of hydrogen-bond donors (Lipinski definition) is 2. The van der Waals surface area contributed by atoms with Crippen molar-refractivity contribution in [3.63, 3.8) is 0 Å². The number of halogens is 1. The van der Waals surface area contributed by atoms with E-state index in [0.29, 0.717) is 29.9 Å². The number of primary amides is 1. The van der Waals surface area contributed by atoms with Gasteiger partial charge >= 0.3 is 0 Å². The zero-order valence-corrected chi connectivity index (χ0v) is 16.8. The summed E-state index contributed by atoms with van der Waals surface area (Å²) < 4.78 is 25.5. The molecule has 8 heteroatoms. The molecule has 1 aromatic heterocycles. The molecule has 1 aliphatic rings. The number of alkyl halides is 1. The maximum atomic E-state index is 13.9. The van der Waals surface area contributed by atoms with Crippen LogP contribution in [-0.4, -0.2) is 41.7 Å². The molecule has 2 heterocycles. The molecule has 1 aliphatic heterocycles. The molecule has 1 aromatic carbocycles. The quantitative estimate of drug-likeness (QED) is 0.705. The molecule has 3 rings (SSSR count). The molecular formula is C21H26FN3O4. The minimum absolute atomic E-state index is 0.141. The Morgan fingerprint density at radius 3 is 2.79 bits per heavy atom. The van der Waals surface area contributed by atoms with Crippen LogP contribution in [0.4, 0.5) is 4.39 Å². The Morgan fingerprint density at radius 1 is 1.38 bits per heavy atom. The number of rotatable bonds is 8. The topological polar surface area (TPSA) is 104 Å². The lowest BCUT2D eigenvalue weighted by molar-refractivity contribution is -0.123. The highest BCUT2D eigenvalue weighted by Crippen LogP contribution is 2.32. The van der Waals surface area contributed by atoms with Gasteiger partial charge in [0, 0.05) is 30.0 Å². The van der Waals surface area contributed by atoms with E-state index in [-0.39, 0.29) is 30.2 Å². The number of aromatic nitrogens is 1. The second-order valence-electron chi connectivity index (χ2n) is 7.44. The average molecular weight is 403 g/mol. The zero-order valence-electron chi connectivity index (χ0n) is 16.8. The Hall–Kier alpha value is -2.90. The van der Waals surface area contributed by atoms with Gasteiger partial charge in [-0.25, -0.2) is 9.37 Å². The van der Waals surface area contributed by atoms with Crippen LogP contribution >= 0.6 is 0 Å². The molecule has 0 spiro atoms. The van der Waals surface area contributed by atoms with E-state index >= 15 is 0 Å². The highest BCUT2D eigenvalue weighted by molar-refractivity contribution is 6.01. The van der Waals surface area contributed by atoms with Crippen LogP contribution in [0.25, 0.3) is 10.8 Å². The third-order valence-corrected chi connectivity index (χ3v) is 5.07. The van der Waals surface area contributed by atoms with Crippen molar-refractivity contribution in [1.29, 1.82) is 0 Å². The molecule has 0 unspecified atom stereocenters. The normalized spacial score (nSPS) is 21.4. The number of nitrogens with zero attached hydrogens (tertiary/aromatic N) is 1. The molecule has 156 valence electrons. The molecule has 3 N–H and O–H groups in total. The van der Waals surface area contributed by atoms with Crippen molar-refractivity contribution >= 4 is 22.6 Å². The maximum Gasteiger partial charge on any atom is 0.255 e. The van der Waals surface area contributed by atoms with Crippen LogP contribution in [-0.2, 0) is 4.79 Å². The fourth-order valence-electron chi connectivity index (χ4n) is 3.66. The van der Waals surface area contributed by atoms with Gasteiger partial charge in [-0.2, -0.15) is 0 Å². The molecule has 29 heavy (non-hydrogen) atoms. The van der Waals surface area contributed by atoms with Gasteiger partial charge in [-0.15, -0.1) is 0 Å². The molecule has 0 bridgehead atoms. The Kier molecular flexibility index (Phi) is 6.20. The molecule has 1 saturated heterocycles. The van der Waals surface area contributed by atoms with Gasteiger partial charge in [0.25, 0.3) is 11.8 Å². The molecule has 1 fully saturated rings. The lowest BCUT2D eigenvalue weighted by Gasteiger charge is -2.18. The second-order valence-corrected chi connectivity index (χ2v) is 7.44. The molecule has 2 amide bonds. The highest BCUT2D eigenvalue weighted by Gasteiger charge is 2.41. The van der Waals surface area contributed by atoms with Crippen molar-refractivity contribution in [2.24, 2.45) is 11.7 Å². The molecular weight excluding hydrogens is 377 g/mol. The maximum absolute atomic E-state index is 13.9. The van der Waals surface area contributed by atoms with Crippen LogP contribution in [0.5, 0.6) is 11.6 Å². The van der Waals surface area contributed by atoms with Gasteiger partial charge in [-0.1, -0.05) is 6.92 Å². The van der Waals surface area contributed by atoms with E-state index < -0.39 is 18.0 Å². The first kappa shape index (κ1) is 20.8. The van der Waals surface area contributed by atoms with Gasteiger partial charge in [0.2, 0.25) is 5.88 Å². The Bertz CT molecular complexity index is 918. The number of nitrogens with one attached hydrogen (secondary N) is 1. The van der Waals surface area contributed by atoms with E-state index in [9.17, 15) is 14.0 Å². The molecule has 0 saturated carbocycles. The Morgan fingerprint density at radius 2 is 2.14 bits per heavy atom. The van der Waals surface area contributed by atoms with Crippen LogP contribution < -0.4 is 20.5 Å². The Balaban J connectivity index is 1.80. The minimum atomic E-state index is -1.47. The van der Waals surface area contributed by atoms with E-state index in [2.05, 4.69) is 10.3 Å². The molecule has 7 nitrogen and oxygen atoms in total. The number of nitrogens with two attached hydrogens (primary N) is 1. The number of benzene rings is 1. The third-order valence-electron chi connectivity index (χ3n) is 5.07. The van der Waals surface area contributed by atoms with Crippen molar-refractivity contribution in [2.75, 3.05) is 6.61 Å². The lowest BCUT2D eigenvalue weighted by Crippen LogP contribution is -2.30. The monoisotopic (exact) mass is 403 g/mol. The largest absolute Gasteiger partial charge is 0.490 e. The number of carbonyl (C=O) groups is 2. The van der Waals surface area contributed by atoms with Gasteiger partial charge in [0.1, 0.15) is 5.75 Å². The predicted octanol–water partition coefficient (Wildman–Crippen LogP) is 2.75. The summed E-state index contributed by atoms with van der Waals surface area (Å²) >= 11 is 0. The van der Waals surface area contributed by atoms with Gasteiger partial charge in [0.15, 0.2) is 6.17 Å². The fourth-order valence-corrected chi connectivity index (χ4v) is 3.66. The van der Waals surface area contributed by atoms with Crippen LogP contribution in [0.2, 0.25) is 0 Å². The molecule has 0 radical (unpaired) electrons. The second kappa shape index (κ2) is 8.63. The van der Waals surface area contributed by atoms with Crippen molar-refractivity contribution in [3.05, 3.63) is 30.0 Å². The Labute approximate surface area is 168 Å². The van der Waals surface area contributed by atoms with Gasteiger partial charge in [-0.05, 0) is 43.9 Å². The van der Waals surface area contributed by atoms with Crippen molar-refractivity contribution in [3.8, 4) is 11.6 Å². The van der Waals surface area contributed by atoms with Crippen molar-refractivity contribution in [2.45, 2.75) is 51.9 Å². The summed E-state index contributed by atoms with van der Waals surface area (Å²) in [4.78, 5) is 27.7. The first-order valence-electron chi connectivity index (χ1n) is 9.78. The number of pyridine rings is 1. The zero-order chi connectivity index (χ0) is 21.1. The number of carbonyl (C=O) groups excluding carboxylic acids is 2. The van der Waals surface area contributed by atoms with Crippen LogP contribution in [0.1, 0.15) is 44.0 Å². The summed E-state index contributed by atoms with van der Waals surface area (Å²) in [6.45, 7) is 5.84. The average Bonchev–Trinajstić information content (AvgIpc) is 2.94. The van der Waals surface area contributed by atoms with Gasteiger partial charge in [-0.3, -0.25) is 9.59 Å². The SMILES string of the molecule is CC[C@H]1[C@@H](CCOc2nccc3cc(C(N)=O)c(OC(C)C)cc23)NC(=O)[C@@H]1F. The lowest BCUT2D eigenvalue weighted by atomic mass is 9.94. The first-order valence-corrected chi connectivity index (χ1v) is 9.78. The molecule has 2 aromatic rings. The number of hydrogen-bond acceptors (Lipinski definition) is 5. The number of ether oxygens (including phenoxy) is 2. The van der Waals surface area contributed by atoms with Gasteiger partial charge in [0.05, 0.1) is 18.3 Å². The first-order chi connectivity index (χ1) is 13.8. The summed E-state index contributed by atoms with van der Waals surface area (Å²) in [5.74, 6) is -0.742. The standard InChI is InChI=1S/C21H26FN3O4/c1-4-13-16(25-20(27)18(13)22)6-8-28-21-14-10-17(29-11(2)3)15(19(23)26)9-12(14)5-7-24-21/h5,7,9-11,13,16,18H,4,6,8H2,1-3H3,(H2,23,26)(H,25,27)/t13-,16+,18+/m0/s1. The van der Waals surface area contributed by atoms with Crippen LogP contribution in [0.3, 0.4) is 0 Å². The van der Waals surface area contributed by atoms with E-state index in [1.807, 2.05) is 20.8 Å². The fraction of sp³-hybridized carbons (Fsp3) is 0.476. The minimum Gasteiger partial charge on any atom is -0.490 e. The van der Waals surface area contributed by atoms with E-state index in [1.54, 1.807) is 24.4 Å². The number of fused-ring (bicyclic) bond motifs is 1. The van der Waals surface area contributed by atoms with Crippen LogP contribution in [0.15, 0.2) is 24.4 Å². The highest BCUT2D eigenvalue weighted by atomic mass is 19.1. The molecule has 3 atom stereocenters. The van der Waals surface area contributed by atoms with E-state index in [0.717, 1.165) is 5.39 Å². The predicted molar refractivity (Wildman–Crippen MR) is 107 cm³/mol. The number of amides is 2. The molecule has 0 aliphatic carbocycles. The van der Waals surface area contributed by atoms with Crippen molar-refractivity contribution in [1.82, 2.24) is 10.3 Å². The van der Waals surface area contributed by atoms with Crippen LogP contribution in [0, 0.1) is 5.92 Å². The van der Waals surface area contributed by atoms with E-state index in [4.69, 9.17) is 15.2 Å². The van der Waals surface area contributed by atoms with Crippen molar-refractivity contribution < 1.29 is 23.5 Å². The van der Waals surface area contributed by atoms with E-state index in [1.165, 1.54) is 0 Å². The third kappa shape index (κ3) is 4.41. The summed E-state index contributed by atoms with van der Waals surface area (Å²) in [6.07, 6.45) is 1.01. The summed E-state index contributed by atoms with van der Waals surface area (Å²) in [5.41, 5.74) is 5.78. The summed E-state index contributed by atoms with van der Waals surface area (Å²) in [5, 5.41) is 4.11. The van der Waals surface area contributed by atoms with Gasteiger partial charge < -0.3 is 20.5 Å².